The van der Waals surface area contributed by atoms with Crippen LogP contribution in [0.1, 0.15) is 32.3 Å². The van der Waals surface area contributed by atoms with E-state index in [0.29, 0.717) is 43.6 Å². The predicted octanol–water partition coefficient (Wildman–Crippen LogP) is 5.14. The van der Waals surface area contributed by atoms with E-state index in [1.165, 1.54) is 0 Å². The van der Waals surface area contributed by atoms with E-state index in [1.54, 1.807) is 55.3 Å². The Morgan fingerprint density at radius 2 is 1.75 bits per heavy atom. The molecule has 1 unspecified atom stereocenters. The molecule has 0 aliphatic rings. The van der Waals surface area contributed by atoms with Gasteiger partial charge in [-0.1, -0.05) is 25.1 Å². The van der Waals surface area contributed by atoms with Crippen LogP contribution in [0.4, 0.5) is 4.79 Å². The molecule has 0 saturated heterocycles. The first-order chi connectivity index (χ1) is 17.5. The summed E-state index contributed by atoms with van der Waals surface area (Å²) >= 11 is 1.87. The fraction of sp³-hybridized carbons (Fsp3) is 0.481. The molecule has 8 nitrogen and oxygen atoms in total. The van der Waals surface area contributed by atoms with Crippen LogP contribution in [0, 0.1) is 0 Å². The van der Waals surface area contributed by atoms with Gasteiger partial charge in [0.1, 0.15) is 23.9 Å². The van der Waals surface area contributed by atoms with Gasteiger partial charge in [0.25, 0.3) is 0 Å². The summed E-state index contributed by atoms with van der Waals surface area (Å²) in [6, 6.07) is 14.2. The summed E-state index contributed by atoms with van der Waals surface area (Å²) in [6.45, 7) is 5.49. The van der Waals surface area contributed by atoms with Gasteiger partial charge >= 0.3 is 12.1 Å². The number of methoxy groups -OCH3 is 1. The molecule has 0 aromatic heterocycles. The standard InChI is InChI=1S/C27H37NO7S/c1-4-17-36-18-7-14-28(27(31)35-24-9-6-8-23(20-24)32-3)15-16-34-22-12-10-21(11-13-22)19-25(26(29)30)33-5-2/h6,8-13,20,25H,4-5,7,14-19H2,1-3H3,(H,29,30). The van der Waals surface area contributed by atoms with Crippen molar-refractivity contribution in [2.24, 2.45) is 0 Å². The minimum atomic E-state index is -0.980. The van der Waals surface area contributed by atoms with Gasteiger partial charge in [-0.15, -0.1) is 0 Å². The Labute approximate surface area is 217 Å². The van der Waals surface area contributed by atoms with E-state index in [-0.39, 0.29) is 6.42 Å². The van der Waals surface area contributed by atoms with E-state index in [9.17, 15) is 14.7 Å². The van der Waals surface area contributed by atoms with Crippen molar-refractivity contribution in [2.45, 2.75) is 39.2 Å². The third kappa shape index (κ3) is 10.8. The summed E-state index contributed by atoms with van der Waals surface area (Å²) < 4.78 is 21.9. The van der Waals surface area contributed by atoms with Crippen LogP contribution in [0.2, 0.25) is 0 Å². The van der Waals surface area contributed by atoms with Crippen molar-refractivity contribution in [3.63, 3.8) is 0 Å². The van der Waals surface area contributed by atoms with Crippen molar-refractivity contribution in [3.05, 3.63) is 54.1 Å². The summed E-state index contributed by atoms with van der Waals surface area (Å²) in [7, 11) is 1.56. The molecule has 0 saturated carbocycles. The topological polar surface area (TPSA) is 94.5 Å². The number of thioether (sulfide) groups is 1. The Morgan fingerprint density at radius 1 is 1.00 bits per heavy atom. The average Bonchev–Trinajstić information content (AvgIpc) is 2.88. The number of nitrogens with zero attached hydrogens (tertiary/aromatic N) is 1. The van der Waals surface area contributed by atoms with Gasteiger partial charge in [0.2, 0.25) is 0 Å². The number of ether oxygens (including phenoxy) is 4. The fourth-order valence-electron chi connectivity index (χ4n) is 3.36. The van der Waals surface area contributed by atoms with Crippen molar-refractivity contribution >= 4 is 23.8 Å². The molecule has 36 heavy (non-hydrogen) atoms. The Balaban J connectivity index is 1.92. The Morgan fingerprint density at radius 3 is 2.42 bits per heavy atom. The highest BCUT2D eigenvalue weighted by atomic mass is 32.2. The molecular weight excluding hydrogens is 482 g/mol. The van der Waals surface area contributed by atoms with Crippen molar-refractivity contribution in [3.8, 4) is 17.2 Å². The van der Waals surface area contributed by atoms with Crippen LogP contribution in [-0.4, -0.2) is 73.1 Å². The van der Waals surface area contributed by atoms with Crippen LogP contribution >= 0.6 is 11.8 Å². The number of hydrogen-bond acceptors (Lipinski definition) is 7. The van der Waals surface area contributed by atoms with Gasteiger partial charge < -0.3 is 29.0 Å². The second kappa shape index (κ2) is 16.7. The molecule has 0 heterocycles. The Bertz CT molecular complexity index is 923. The van der Waals surface area contributed by atoms with Gasteiger partial charge in [0.15, 0.2) is 6.10 Å². The number of amides is 1. The quantitative estimate of drug-likeness (QED) is 0.287. The maximum Gasteiger partial charge on any atom is 0.415 e. The van der Waals surface area contributed by atoms with E-state index in [1.807, 2.05) is 23.9 Å². The molecule has 0 spiro atoms. The SMILES string of the molecule is CCCSCCCN(CCOc1ccc(CC(OCC)C(=O)O)cc1)C(=O)Oc1cccc(OC)c1. The fourth-order valence-corrected chi connectivity index (χ4v) is 4.18. The number of carboxylic acids is 1. The first kappa shape index (κ1) is 29.3. The van der Waals surface area contributed by atoms with Gasteiger partial charge in [0, 0.05) is 25.6 Å². The first-order valence-corrected chi connectivity index (χ1v) is 13.4. The van der Waals surface area contributed by atoms with Crippen LogP contribution in [0.15, 0.2) is 48.5 Å². The minimum absolute atomic E-state index is 0.281. The van der Waals surface area contributed by atoms with Crippen molar-refractivity contribution < 1.29 is 33.6 Å². The van der Waals surface area contributed by atoms with E-state index in [0.717, 1.165) is 29.9 Å². The van der Waals surface area contributed by atoms with E-state index in [2.05, 4.69) is 6.92 Å². The predicted molar refractivity (Wildman–Crippen MR) is 142 cm³/mol. The molecule has 2 aromatic rings. The summed E-state index contributed by atoms with van der Waals surface area (Å²) in [5.74, 6) is 2.77. The summed E-state index contributed by atoms with van der Waals surface area (Å²) in [5.41, 5.74) is 0.844. The molecule has 198 valence electrons. The molecule has 0 bridgehead atoms. The van der Waals surface area contributed by atoms with E-state index in [4.69, 9.17) is 18.9 Å². The van der Waals surface area contributed by atoms with Gasteiger partial charge in [-0.3, -0.25) is 0 Å². The minimum Gasteiger partial charge on any atom is -0.497 e. The second-order valence-corrected chi connectivity index (χ2v) is 9.20. The smallest absolute Gasteiger partial charge is 0.415 e. The van der Waals surface area contributed by atoms with Crippen LogP contribution in [0.25, 0.3) is 0 Å². The van der Waals surface area contributed by atoms with Crippen LogP contribution in [0.3, 0.4) is 0 Å². The van der Waals surface area contributed by atoms with Crippen molar-refractivity contribution in [2.75, 3.05) is 44.9 Å². The van der Waals surface area contributed by atoms with Gasteiger partial charge in [0.05, 0.1) is 13.7 Å². The Hall–Kier alpha value is -2.91. The number of carbonyl (C=O) groups is 2. The maximum atomic E-state index is 12.9. The lowest BCUT2D eigenvalue weighted by Gasteiger charge is -2.22. The number of carbonyl (C=O) groups excluding carboxylic acids is 1. The molecule has 1 atom stereocenters. The largest absolute Gasteiger partial charge is 0.497 e. The highest BCUT2D eigenvalue weighted by Gasteiger charge is 2.18. The molecule has 2 aromatic carbocycles. The summed E-state index contributed by atoms with van der Waals surface area (Å²) in [6.07, 6.45) is 0.960. The maximum absolute atomic E-state index is 12.9. The van der Waals surface area contributed by atoms with Crippen molar-refractivity contribution in [1.82, 2.24) is 4.90 Å². The van der Waals surface area contributed by atoms with Gasteiger partial charge in [-0.2, -0.15) is 11.8 Å². The molecule has 1 N–H and O–H groups in total. The van der Waals surface area contributed by atoms with Gasteiger partial charge in [-0.05, 0) is 61.1 Å². The highest BCUT2D eigenvalue weighted by Crippen LogP contribution is 2.20. The third-order valence-corrected chi connectivity index (χ3v) is 6.46. The zero-order valence-corrected chi connectivity index (χ0v) is 22.1. The molecule has 0 aliphatic carbocycles. The average molecular weight is 520 g/mol. The normalized spacial score (nSPS) is 11.5. The lowest BCUT2D eigenvalue weighted by molar-refractivity contribution is -0.149. The lowest BCUT2D eigenvalue weighted by atomic mass is 10.1. The van der Waals surface area contributed by atoms with Crippen molar-refractivity contribution in [1.29, 1.82) is 0 Å². The molecular formula is C27H37NO7S. The van der Waals surface area contributed by atoms with Gasteiger partial charge in [-0.25, -0.2) is 9.59 Å². The van der Waals surface area contributed by atoms with E-state index >= 15 is 0 Å². The number of hydrogen-bond donors (Lipinski definition) is 1. The number of carboxylic acid groups (broad SMARTS) is 1. The first-order valence-electron chi connectivity index (χ1n) is 12.2. The molecule has 0 aliphatic heterocycles. The monoisotopic (exact) mass is 519 g/mol. The summed E-state index contributed by atoms with van der Waals surface area (Å²) in [5, 5.41) is 9.26. The number of rotatable bonds is 17. The molecule has 9 heteroatoms. The van der Waals surface area contributed by atoms with Crippen LogP contribution in [0.5, 0.6) is 17.2 Å². The third-order valence-electron chi connectivity index (χ3n) is 5.19. The lowest BCUT2D eigenvalue weighted by Crippen LogP contribution is -2.37. The zero-order chi connectivity index (χ0) is 26.2. The molecule has 0 radical (unpaired) electrons. The zero-order valence-electron chi connectivity index (χ0n) is 21.3. The number of benzene rings is 2. The molecule has 1 amide bonds. The number of aliphatic carboxylic acids is 1. The Kier molecular flexibility index (Phi) is 13.6. The van der Waals surface area contributed by atoms with Crippen LogP contribution < -0.4 is 14.2 Å². The van der Waals surface area contributed by atoms with Crippen LogP contribution in [-0.2, 0) is 16.0 Å². The molecule has 0 fully saturated rings. The highest BCUT2D eigenvalue weighted by molar-refractivity contribution is 7.99. The van der Waals surface area contributed by atoms with E-state index < -0.39 is 18.2 Å². The molecule has 2 rings (SSSR count). The summed E-state index contributed by atoms with van der Waals surface area (Å²) in [4.78, 5) is 25.8. The second-order valence-electron chi connectivity index (χ2n) is 7.98.